The molecule has 1 atom stereocenters. The van der Waals surface area contributed by atoms with Gasteiger partial charge in [0.1, 0.15) is 0 Å². The summed E-state index contributed by atoms with van der Waals surface area (Å²) in [7, 11) is 0. The third-order valence-electron chi connectivity index (χ3n) is 2.95. The second kappa shape index (κ2) is 8.10. The van der Waals surface area contributed by atoms with Crippen molar-refractivity contribution >= 4 is 58.0 Å². The highest BCUT2D eigenvalue weighted by atomic mass is 35.6. The van der Waals surface area contributed by atoms with Gasteiger partial charge in [0.15, 0.2) is 5.75 Å². The van der Waals surface area contributed by atoms with Crippen LogP contribution in [0.4, 0.5) is 5.69 Å². The van der Waals surface area contributed by atoms with E-state index in [1.54, 1.807) is 12.1 Å². The number of benzene rings is 2. The zero-order valence-electron chi connectivity index (χ0n) is 12.3. The fraction of sp³-hybridized carbons (Fsp3) is 0.133. The van der Waals surface area contributed by atoms with E-state index in [9.17, 15) is 14.9 Å². The van der Waals surface area contributed by atoms with Crippen molar-refractivity contribution in [2.24, 2.45) is 0 Å². The maximum absolute atomic E-state index is 12.3. The molecule has 2 aromatic rings. The van der Waals surface area contributed by atoms with Gasteiger partial charge in [-0.05, 0) is 24.3 Å². The molecule has 0 aliphatic heterocycles. The number of carbonyl (C=O) groups excluding carboxylic acids is 1. The fourth-order valence-corrected chi connectivity index (χ4v) is 2.33. The van der Waals surface area contributed by atoms with E-state index in [4.69, 9.17) is 51.1 Å². The first-order chi connectivity index (χ1) is 11.7. The van der Waals surface area contributed by atoms with Crippen LogP contribution >= 0.6 is 46.4 Å². The molecule has 132 valence electrons. The lowest BCUT2D eigenvalue weighted by molar-refractivity contribution is -0.386. The molecular weight excluding hydrogens is 414 g/mol. The topological polar surface area (TPSA) is 81.5 Å². The third-order valence-corrected chi connectivity index (χ3v) is 3.78. The molecule has 0 aromatic heterocycles. The van der Waals surface area contributed by atoms with Crippen LogP contribution in [0.25, 0.3) is 0 Å². The Hall–Kier alpha value is -1.73. The fourth-order valence-electron chi connectivity index (χ4n) is 1.84. The normalized spacial score (nSPS) is 12.3. The lowest BCUT2D eigenvalue weighted by Gasteiger charge is -2.26. The van der Waals surface area contributed by atoms with Gasteiger partial charge in [0.2, 0.25) is 10.0 Å². The smallest absolute Gasteiger partial charge is 0.311 e. The molecule has 0 spiro atoms. The van der Waals surface area contributed by atoms with Crippen LogP contribution in [0.2, 0.25) is 5.02 Å². The number of hydrogen-bond acceptors (Lipinski definition) is 4. The summed E-state index contributed by atoms with van der Waals surface area (Å²) in [5, 5.41) is 13.8. The minimum Gasteiger partial charge on any atom is -0.459 e. The summed E-state index contributed by atoms with van der Waals surface area (Å²) in [6, 6.07) is 11.6. The number of alkyl halides is 3. The highest BCUT2D eigenvalue weighted by Gasteiger charge is 2.37. The molecule has 1 N–H and O–H groups in total. The highest BCUT2D eigenvalue weighted by molar-refractivity contribution is 6.68. The van der Waals surface area contributed by atoms with Crippen LogP contribution in [0.1, 0.15) is 10.4 Å². The highest BCUT2D eigenvalue weighted by Crippen LogP contribution is 2.35. The molecule has 1 amide bonds. The van der Waals surface area contributed by atoms with E-state index in [2.05, 4.69) is 5.32 Å². The first-order valence-electron chi connectivity index (χ1n) is 6.71. The van der Waals surface area contributed by atoms with Crippen molar-refractivity contribution in [1.29, 1.82) is 0 Å². The lowest BCUT2D eigenvalue weighted by atomic mass is 10.2. The summed E-state index contributed by atoms with van der Waals surface area (Å²) in [6.07, 6.45) is -1.48. The summed E-state index contributed by atoms with van der Waals surface area (Å²) < 4.78 is 3.31. The summed E-state index contributed by atoms with van der Waals surface area (Å²) in [5.74, 6) is -0.785. The molecular formula is C15H10Cl4N2O4. The largest absolute Gasteiger partial charge is 0.459 e. The van der Waals surface area contributed by atoms with Crippen molar-refractivity contribution in [2.75, 3.05) is 0 Å². The SMILES string of the molecule is O=C(N[C@H](Oc1ccccc1[N+](=O)[O-])C(Cl)(Cl)Cl)c1cccc(Cl)c1. The van der Waals surface area contributed by atoms with Crippen molar-refractivity contribution in [3.8, 4) is 5.75 Å². The van der Waals surface area contributed by atoms with Crippen LogP contribution in [-0.4, -0.2) is 20.9 Å². The second-order valence-corrected chi connectivity index (χ2v) is 7.55. The Morgan fingerprint density at radius 2 is 1.84 bits per heavy atom. The van der Waals surface area contributed by atoms with E-state index in [0.717, 1.165) is 0 Å². The van der Waals surface area contributed by atoms with Crippen LogP contribution in [0.5, 0.6) is 5.75 Å². The molecule has 2 rings (SSSR count). The second-order valence-electron chi connectivity index (χ2n) is 4.75. The van der Waals surface area contributed by atoms with E-state index in [0.29, 0.717) is 5.02 Å². The number of nitro groups is 1. The van der Waals surface area contributed by atoms with Gasteiger partial charge in [-0.2, -0.15) is 0 Å². The number of para-hydroxylation sites is 2. The molecule has 0 heterocycles. The lowest BCUT2D eigenvalue weighted by Crippen LogP contribution is -2.47. The summed E-state index contributed by atoms with van der Waals surface area (Å²) in [5.41, 5.74) is -0.128. The predicted octanol–water partition coefficient (Wildman–Crippen LogP) is 4.75. The Morgan fingerprint density at radius 1 is 1.16 bits per heavy atom. The van der Waals surface area contributed by atoms with Crippen LogP contribution in [0.15, 0.2) is 48.5 Å². The number of amides is 1. The zero-order chi connectivity index (χ0) is 18.6. The van der Waals surface area contributed by atoms with E-state index < -0.39 is 20.9 Å². The molecule has 0 fully saturated rings. The van der Waals surface area contributed by atoms with Crippen molar-refractivity contribution in [3.63, 3.8) is 0 Å². The molecule has 0 aliphatic carbocycles. The van der Waals surface area contributed by atoms with Gasteiger partial charge >= 0.3 is 5.69 Å². The minimum atomic E-state index is -2.09. The standard InChI is InChI=1S/C15H10Cl4N2O4/c16-10-5-3-4-9(8-10)13(22)20-14(15(17,18)19)25-12-7-2-1-6-11(12)21(23)24/h1-8,14H,(H,20,22)/t14-/m1/s1. The van der Waals surface area contributed by atoms with Crippen molar-refractivity contribution in [2.45, 2.75) is 10.0 Å². The monoisotopic (exact) mass is 422 g/mol. The summed E-state index contributed by atoms with van der Waals surface area (Å²) in [6.45, 7) is 0. The molecule has 25 heavy (non-hydrogen) atoms. The number of ether oxygens (including phenoxy) is 1. The van der Waals surface area contributed by atoms with Crippen molar-refractivity contribution < 1.29 is 14.5 Å². The summed E-state index contributed by atoms with van der Waals surface area (Å²) >= 11 is 23.4. The average molecular weight is 424 g/mol. The maximum Gasteiger partial charge on any atom is 0.311 e. The third kappa shape index (κ3) is 5.37. The van der Waals surface area contributed by atoms with E-state index in [1.165, 1.54) is 36.4 Å². The predicted molar refractivity (Wildman–Crippen MR) is 96.7 cm³/mol. The minimum absolute atomic E-state index is 0.157. The molecule has 10 heteroatoms. The maximum atomic E-state index is 12.3. The number of nitrogens with zero attached hydrogens (tertiary/aromatic N) is 1. The molecule has 2 aromatic carbocycles. The van der Waals surface area contributed by atoms with Crippen LogP contribution in [0.3, 0.4) is 0 Å². The number of nitrogens with one attached hydrogen (secondary N) is 1. The van der Waals surface area contributed by atoms with Gasteiger partial charge in [-0.3, -0.25) is 14.9 Å². The van der Waals surface area contributed by atoms with Gasteiger partial charge < -0.3 is 10.1 Å². The van der Waals surface area contributed by atoms with Gasteiger partial charge in [-0.25, -0.2) is 0 Å². The van der Waals surface area contributed by atoms with Gasteiger partial charge in [-0.1, -0.05) is 64.6 Å². The number of carbonyl (C=O) groups is 1. The molecule has 0 bridgehead atoms. The van der Waals surface area contributed by atoms with Gasteiger partial charge in [0.05, 0.1) is 4.92 Å². The Balaban J connectivity index is 2.26. The Labute approximate surface area is 162 Å². The molecule has 0 saturated carbocycles. The van der Waals surface area contributed by atoms with Crippen molar-refractivity contribution in [3.05, 3.63) is 69.2 Å². The Morgan fingerprint density at radius 3 is 2.44 bits per heavy atom. The Kier molecular flexibility index (Phi) is 6.35. The van der Waals surface area contributed by atoms with Crippen LogP contribution < -0.4 is 10.1 Å². The number of hydrogen-bond donors (Lipinski definition) is 1. The van der Waals surface area contributed by atoms with E-state index in [-0.39, 0.29) is 17.0 Å². The average Bonchev–Trinajstić information content (AvgIpc) is 2.53. The zero-order valence-corrected chi connectivity index (χ0v) is 15.3. The number of rotatable bonds is 5. The van der Waals surface area contributed by atoms with Crippen molar-refractivity contribution in [1.82, 2.24) is 5.32 Å². The van der Waals surface area contributed by atoms with E-state index >= 15 is 0 Å². The number of nitro benzene ring substituents is 1. The molecule has 0 aliphatic rings. The quantitative estimate of drug-likeness (QED) is 0.325. The molecule has 0 unspecified atom stereocenters. The first-order valence-corrected chi connectivity index (χ1v) is 8.23. The van der Waals surface area contributed by atoms with Gasteiger partial charge in [0.25, 0.3) is 5.91 Å². The molecule has 6 nitrogen and oxygen atoms in total. The van der Waals surface area contributed by atoms with E-state index in [1.807, 2.05) is 0 Å². The Bertz CT molecular complexity index is 795. The van der Waals surface area contributed by atoms with Crippen LogP contribution in [-0.2, 0) is 0 Å². The molecule has 0 saturated heterocycles. The summed E-state index contributed by atoms with van der Waals surface area (Å²) in [4.78, 5) is 22.7. The molecule has 0 radical (unpaired) electrons. The number of halogens is 4. The van der Waals surface area contributed by atoms with Gasteiger partial charge in [0, 0.05) is 16.7 Å². The first kappa shape index (κ1) is 19.6. The van der Waals surface area contributed by atoms with Crippen LogP contribution in [0, 0.1) is 10.1 Å². The van der Waals surface area contributed by atoms with Gasteiger partial charge in [-0.15, -0.1) is 0 Å².